The van der Waals surface area contributed by atoms with Crippen LogP contribution in [0.4, 0.5) is 0 Å². The molecule has 5 nitrogen and oxygen atoms in total. The summed E-state index contributed by atoms with van der Waals surface area (Å²) in [7, 11) is 5.36. The number of benzene rings is 1. The predicted molar refractivity (Wildman–Crippen MR) is 89.6 cm³/mol. The Morgan fingerprint density at radius 1 is 1.33 bits per heavy atom. The molecule has 5 heteroatoms. The van der Waals surface area contributed by atoms with Crippen molar-refractivity contribution in [2.75, 3.05) is 27.8 Å². The molecule has 0 unspecified atom stereocenters. The van der Waals surface area contributed by atoms with Crippen molar-refractivity contribution < 1.29 is 19.4 Å². The summed E-state index contributed by atoms with van der Waals surface area (Å²) in [6.07, 6.45) is 2.67. The Kier molecular flexibility index (Phi) is 3.62. The number of piperidine rings is 1. The SMILES string of the molecule is COc1ccc2c(c1O)[C@@]13CCN(C)[C@@H](C2)[C@@H]1C[C@@H](OC)C(=O)C3. The molecule has 4 rings (SSSR count). The minimum atomic E-state index is -0.313. The first kappa shape index (κ1) is 15.9. The number of likely N-dealkylation sites (tertiary alicyclic amines) is 1. The van der Waals surface area contributed by atoms with Gasteiger partial charge in [0.15, 0.2) is 17.3 Å². The van der Waals surface area contributed by atoms with Gasteiger partial charge in [-0.1, -0.05) is 6.07 Å². The molecule has 130 valence electrons. The lowest BCUT2D eigenvalue weighted by atomic mass is 9.51. The number of phenolic OH excluding ortho intramolecular Hbond substituents is 1. The number of rotatable bonds is 2. The lowest BCUT2D eigenvalue weighted by Gasteiger charge is -2.58. The molecular weight excluding hydrogens is 306 g/mol. The van der Waals surface area contributed by atoms with Gasteiger partial charge in [0, 0.05) is 30.6 Å². The third kappa shape index (κ3) is 1.97. The van der Waals surface area contributed by atoms with Crippen LogP contribution in [-0.2, 0) is 21.4 Å². The van der Waals surface area contributed by atoms with Gasteiger partial charge in [-0.05, 0) is 50.4 Å². The van der Waals surface area contributed by atoms with Crippen LogP contribution in [0.15, 0.2) is 12.1 Å². The maximum Gasteiger partial charge on any atom is 0.162 e. The number of likely N-dealkylation sites (N-methyl/N-ethyl adjacent to an activating group) is 1. The fourth-order valence-electron chi connectivity index (χ4n) is 5.45. The number of phenols is 1. The molecule has 1 aromatic carbocycles. The Bertz CT molecular complexity index is 688. The first-order valence-electron chi connectivity index (χ1n) is 8.67. The fourth-order valence-corrected chi connectivity index (χ4v) is 5.45. The zero-order valence-corrected chi connectivity index (χ0v) is 14.5. The summed E-state index contributed by atoms with van der Waals surface area (Å²) in [6, 6.07) is 4.29. The summed E-state index contributed by atoms with van der Waals surface area (Å²) < 4.78 is 10.8. The van der Waals surface area contributed by atoms with Gasteiger partial charge >= 0.3 is 0 Å². The van der Waals surface area contributed by atoms with Crippen LogP contribution in [0, 0.1) is 5.92 Å². The minimum Gasteiger partial charge on any atom is -0.504 e. The number of hydrogen-bond acceptors (Lipinski definition) is 5. The monoisotopic (exact) mass is 331 g/mol. The van der Waals surface area contributed by atoms with Crippen LogP contribution >= 0.6 is 0 Å². The molecule has 4 atom stereocenters. The van der Waals surface area contributed by atoms with E-state index in [1.807, 2.05) is 6.07 Å². The average molecular weight is 331 g/mol. The molecule has 1 saturated heterocycles. The van der Waals surface area contributed by atoms with Gasteiger partial charge in [0.05, 0.1) is 7.11 Å². The van der Waals surface area contributed by atoms with Crippen LogP contribution < -0.4 is 4.74 Å². The Balaban J connectivity index is 1.91. The normalized spacial score (nSPS) is 35.3. The number of carbonyl (C=O) groups is 1. The van der Waals surface area contributed by atoms with E-state index < -0.39 is 0 Å². The van der Waals surface area contributed by atoms with Crippen LogP contribution in [0.25, 0.3) is 0 Å². The molecule has 1 N–H and O–H groups in total. The van der Waals surface area contributed by atoms with Gasteiger partial charge in [-0.25, -0.2) is 0 Å². The standard InChI is InChI=1S/C19H25NO4/c1-20-7-6-19-10-14(21)16(24-3)9-12(19)13(20)8-11-4-5-15(23-2)18(22)17(11)19/h4-5,12-13,16,22H,6-10H2,1-3H3/t12-,13-,16+,19+/m0/s1. The Morgan fingerprint density at radius 3 is 2.83 bits per heavy atom. The number of ketones is 1. The lowest BCUT2D eigenvalue weighted by molar-refractivity contribution is -0.141. The highest BCUT2D eigenvalue weighted by Crippen LogP contribution is 2.58. The summed E-state index contributed by atoms with van der Waals surface area (Å²) in [5.41, 5.74) is 1.83. The molecule has 1 aliphatic heterocycles. The van der Waals surface area contributed by atoms with Crippen molar-refractivity contribution in [3.8, 4) is 11.5 Å². The number of methoxy groups -OCH3 is 2. The van der Waals surface area contributed by atoms with Crippen LogP contribution in [0.5, 0.6) is 11.5 Å². The van der Waals surface area contributed by atoms with Crippen molar-refractivity contribution in [1.82, 2.24) is 4.90 Å². The van der Waals surface area contributed by atoms with E-state index >= 15 is 0 Å². The van der Waals surface area contributed by atoms with Gasteiger partial charge in [0.1, 0.15) is 6.10 Å². The van der Waals surface area contributed by atoms with Crippen LogP contribution in [-0.4, -0.2) is 55.7 Å². The largest absolute Gasteiger partial charge is 0.504 e. The van der Waals surface area contributed by atoms with E-state index in [2.05, 4.69) is 18.0 Å². The molecule has 0 radical (unpaired) electrons. The third-order valence-electron chi connectivity index (χ3n) is 6.63. The minimum absolute atomic E-state index is 0.159. The van der Waals surface area contributed by atoms with E-state index in [1.54, 1.807) is 14.2 Å². The molecule has 3 aliphatic rings. The number of Topliss-reactive ketones (excluding diaryl/α,β-unsaturated/α-hetero) is 1. The van der Waals surface area contributed by atoms with Crippen molar-refractivity contribution in [1.29, 1.82) is 0 Å². The Hall–Kier alpha value is -1.59. The molecular formula is C19H25NO4. The molecule has 1 saturated carbocycles. The number of ether oxygens (including phenoxy) is 2. The van der Waals surface area contributed by atoms with E-state index in [9.17, 15) is 9.90 Å². The van der Waals surface area contributed by atoms with Gasteiger partial charge in [0.25, 0.3) is 0 Å². The second kappa shape index (κ2) is 5.46. The Morgan fingerprint density at radius 2 is 2.12 bits per heavy atom. The van der Waals surface area contributed by atoms with Crippen molar-refractivity contribution >= 4 is 5.78 Å². The molecule has 0 amide bonds. The maximum absolute atomic E-state index is 12.7. The first-order chi connectivity index (χ1) is 11.5. The molecule has 2 bridgehead atoms. The molecule has 0 spiro atoms. The van der Waals surface area contributed by atoms with Crippen LogP contribution in [0.2, 0.25) is 0 Å². The van der Waals surface area contributed by atoms with Gasteiger partial charge in [0.2, 0.25) is 0 Å². The van der Waals surface area contributed by atoms with Gasteiger partial charge < -0.3 is 19.5 Å². The van der Waals surface area contributed by atoms with Crippen molar-refractivity contribution in [2.45, 2.75) is 43.2 Å². The van der Waals surface area contributed by atoms with E-state index in [-0.39, 0.29) is 23.1 Å². The molecule has 2 fully saturated rings. The molecule has 1 heterocycles. The van der Waals surface area contributed by atoms with Crippen LogP contribution in [0.3, 0.4) is 0 Å². The number of nitrogens with zero attached hydrogens (tertiary/aromatic N) is 1. The van der Waals surface area contributed by atoms with E-state index in [0.717, 1.165) is 36.9 Å². The predicted octanol–water partition coefficient (Wildman–Crippen LogP) is 1.89. The number of aromatic hydroxyl groups is 1. The highest BCUT2D eigenvalue weighted by atomic mass is 16.5. The quantitative estimate of drug-likeness (QED) is 0.897. The zero-order valence-electron chi connectivity index (χ0n) is 14.5. The highest BCUT2D eigenvalue weighted by molar-refractivity contribution is 5.86. The maximum atomic E-state index is 12.7. The molecule has 24 heavy (non-hydrogen) atoms. The topological polar surface area (TPSA) is 59.0 Å². The van der Waals surface area contributed by atoms with Crippen molar-refractivity contribution in [2.24, 2.45) is 5.92 Å². The first-order valence-corrected chi connectivity index (χ1v) is 8.67. The third-order valence-corrected chi connectivity index (χ3v) is 6.63. The number of hydrogen-bond donors (Lipinski definition) is 1. The van der Waals surface area contributed by atoms with Gasteiger partial charge in [-0.2, -0.15) is 0 Å². The second-order valence-electron chi connectivity index (χ2n) is 7.52. The lowest BCUT2D eigenvalue weighted by Crippen LogP contribution is -2.63. The molecule has 2 aliphatic carbocycles. The van der Waals surface area contributed by atoms with Crippen LogP contribution in [0.1, 0.15) is 30.4 Å². The van der Waals surface area contributed by atoms with E-state index in [0.29, 0.717) is 24.1 Å². The Labute approximate surface area is 142 Å². The van der Waals surface area contributed by atoms with E-state index in [4.69, 9.17) is 9.47 Å². The number of fused-ring (bicyclic) bond motifs is 1. The summed E-state index contributed by atoms with van der Waals surface area (Å²) in [5.74, 6) is 1.21. The smallest absolute Gasteiger partial charge is 0.162 e. The summed E-state index contributed by atoms with van der Waals surface area (Å²) in [5, 5.41) is 10.9. The molecule has 0 aromatic heterocycles. The van der Waals surface area contributed by atoms with Gasteiger partial charge in [-0.15, -0.1) is 0 Å². The summed E-state index contributed by atoms with van der Waals surface area (Å²) >= 11 is 0. The van der Waals surface area contributed by atoms with E-state index in [1.165, 1.54) is 0 Å². The highest BCUT2D eigenvalue weighted by Gasteiger charge is 2.58. The number of carbonyl (C=O) groups excluding carboxylic acids is 1. The van der Waals surface area contributed by atoms with Gasteiger partial charge in [-0.3, -0.25) is 4.79 Å². The molecule has 1 aromatic rings. The summed E-state index contributed by atoms with van der Waals surface area (Å²) in [6.45, 7) is 0.947. The fraction of sp³-hybridized carbons (Fsp3) is 0.632. The second-order valence-corrected chi connectivity index (χ2v) is 7.52. The zero-order chi connectivity index (χ0) is 17.1. The average Bonchev–Trinajstić information content (AvgIpc) is 2.57. The summed E-state index contributed by atoms with van der Waals surface area (Å²) in [4.78, 5) is 15.1. The van der Waals surface area contributed by atoms with Crippen molar-refractivity contribution in [3.63, 3.8) is 0 Å². The van der Waals surface area contributed by atoms with Crippen molar-refractivity contribution in [3.05, 3.63) is 23.3 Å².